The van der Waals surface area contributed by atoms with Crippen LogP contribution in [0.4, 0.5) is 0 Å². The number of rotatable bonds is 9. The predicted molar refractivity (Wildman–Crippen MR) is 73.6 cm³/mol. The maximum atomic E-state index is 11.7. The first-order chi connectivity index (χ1) is 10.5. The lowest BCUT2D eigenvalue weighted by Crippen LogP contribution is -2.40. The molecule has 0 radical (unpaired) electrons. The quantitative estimate of drug-likeness (QED) is 0.358. The van der Waals surface area contributed by atoms with Crippen molar-refractivity contribution in [1.29, 1.82) is 0 Å². The summed E-state index contributed by atoms with van der Waals surface area (Å²) in [5.74, 6) is -2.33. The second-order valence-electron chi connectivity index (χ2n) is 4.27. The van der Waals surface area contributed by atoms with E-state index in [0.29, 0.717) is 6.42 Å². The Bertz CT molecular complexity index is 605. The molecule has 1 heterocycles. The first kappa shape index (κ1) is 17.0. The lowest BCUT2D eigenvalue weighted by molar-refractivity contribution is -0.134. The smallest absolute Gasteiger partial charge is 0.354 e. The minimum Gasteiger partial charge on any atom is -0.477 e. The molecule has 0 unspecified atom stereocenters. The molecule has 11 nitrogen and oxygen atoms in total. The molecular formula is C11H15N7O4. The van der Waals surface area contributed by atoms with Gasteiger partial charge in [0.05, 0.1) is 6.54 Å². The van der Waals surface area contributed by atoms with Crippen LogP contribution in [0.3, 0.4) is 0 Å². The fourth-order valence-electron chi connectivity index (χ4n) is 1.78. The number of carboxylic acid groups (broad SMARTS) is 1. The molecular weight excluding hydrogens is 294 g/mol. The molecule has 2 amide bonds. The number of aromatic nitrogens is 2. The van der Waals surface area contributed by atoms with Crippen LogP contribution in [0.2, 0.25) is 0 Å². The molecule has 0 fully saturated rings. The Hall–Kier alpha value is -3.07. The van der Waals surface area contributed by atoms with Crippen LogP contribution in [0.15, 0.2) is 17.4 Å². The molecule has 11 heteroatoms. The highest BCUT2D eigenvalue weighted by atomic mass is 16.4. The third-order valence-electron chi connectivity index (χ3n) is 2.70. The average Bonchev–Trinajstić information content (AvgIpc) is 2.91. The zero-order chi connectivity index (χ0) is 16.5. The zero-order valence-electron chi connectivity index (χ0n) is 11.6. The summed E-state index contributed by atoms with van der Waals surface area (Å²) in [5, 5.41) is 15.9. The number of nitrogens with zero attached hydrogens (tertiary/aromatic N) is 6. The molecule has 1 aromatic heterocycles. The number of aryl methyl sites for hydroxylation is 1. The van der Waals surface area contributed by atoms with Gasteiger partial charge in [0.15, 0.2) is 0 Å². The summed E-state index contributed by atoms with van der Waals surface area (Å²) in [7, 11) is 0. The number of carboxylic acids is 1. The Morgan fingerprint density at radius 2 is 2.23 bits per heavy atom. The van der Waals surface area contributed by atoms with E-state index in [-0.39, 0.29) is 25.3 Å². The van der Waals surface area contributed by atoms with Gasteiger partial charge in [0.2, 0.25) is 11.8 Å². The maximum absolute atomic E-state index is 11.7. The number of primary amides is 1. The third kappa shape index (κ3) is 5.13. The van der Waals surface area contributed by atoms with E-state index in [1.807, 2.05) is 0 Å². The van der Waals surface area contributed by atoms with Crippen molar-refractivity contribution in [3.8, 4) is 0 Å². The predicted octanol–water partition coefficient (Wildman–Crippen LogP) is -0.404. The molecule has 1 aromatic rings. The van der Waals surface area contributed by atoms with Crippen molar-refractivity contribution in [2.45, 2.75) is 13.0 Å². The molecule has 0 saturated heterocycles. The van der Waals surface area contributed by atoms with Crippen LogP contribution in [-0.4, -0.2) is 57.2 Å². The van der Waals surface area contributed by atoms with Crippen LogP contribution in [0.1, 0.15) is 16.9 Å². The van der Waals surface area contributed by atoms with Crippen LogP contribution in [0, 0.1) is 0 Å². The van der Waals surface area contributed by atoms with Gasteiger partial charge in [-0.05, 0) is 18.0 Å². The first-order valence-corrected chi connectivity index (χ1v) is 6.27. The Morgan fingerprint density at radius 1 is 1.50 bits per heavy atom. The van der Waals surface area contributed by atoms with E-state index in [4.69, 9.17) is 16.4 Å². The minimum absolute atomic E-state index is 0.0295. The molecule has 0 bridgehead atoms. The third-order valence-corrected chi connectivity index (χ3v) is 2.70. The molecule has 0 atom stereocenters. The molecule has 118 valence electrons. The van der Waals surface area contributed by atoms with E-state index in [9.17, 15) is 14.4 Å². The largest absolute Gasteiger partial charge is 0.477 e. The Morgan fingerprint density at radius 3 is 2.82 bits per heavy atom. The van der Waals surface area contributed by atoms with Crippen molar-refractivity contribution in [2.75, 3.05) is 19.6 Å². The Labute approximate surface area is 124 Å². The van der Waals surface area contributed by atoms with Gasteiger partial charge in [-0.2, -0.15) is 5.10 Å². The summed E-state index contributed by atoms with van der Waals surface area (Å²) in [6.07, 6.45) is 1.72. The standard InChI is InChI=1S/C11H15N7O4/c12-9(19)7-17(10(20)6-14-16-13)4-1-5-18-8(11(21)22)2-3-15-18/h2-3H,1,4-7H2,(H2,12,19)(H,21,22). The van der Waals surface area contributed by atoms with E-state index in [0.717, 1.165) is 4.90 Å². The van der Waals surface area contributed by atoms with Crippen LogP contribution in [-0.2, 0) is 16.1 Å². The summed E-state index contributed by atoms with van der Waals surface area (Å²) in [4.78, 5) is 37.2. The lowest BCUT2D eigenvalue weighted by Gasteiger charge is -2.20. The van der Waals surface area contributed by atoms with E-state index >= 15 is 0 Å². The normalized spacial score (nSPS) is 9.82. The number of aromatic carboxylic acids is 1. The van der Waals surface area contributed by atoms with Gasteiger partial charge in [0.25, 0.3) is 0 Å². The average molecular weight is 309 g/mol. The SMILES string of the molecule is [N-]=[N+]=NCC(=O)N(CCCn1nccc1C(=O)O)CC(N)=O. The number of hydrogen-bond acceptors (Lipinski definition) is 5. The van der Waals surface area contributed by atoms with Crippen molar-refractivity contribution in [1.82, 2.24) is 14.7 Å². The van der Waals surface area contributed by atoms with Gasteiger partial charge in [-0.25, -0.2) is 4.79 Å². The van der Waals surface area contributed by atoms with Gasteiger partial charge in [0.1, 0.15) is 12.2 Å². The highest BCUT2D eigenvalue weighted by Gasteiger charge is 2.15. The maximum Gasteiger partial charge on any atom is 0.354 e. The van der Waals surface area contributed by atoms with Gasteiger partial charge in [-0.3, -0.25) is 14.3 Å². The van der Waals surface area contributed by atoms with E-state index < -0.39 is 24.3 Å². The van der Waals surface area contributed by atoms with Crippen molar-refractivity contribution in [3.63, 3.8) is 0 Å². The molecule has 0 aliphatic heterocycles. The van der Waals surface area contributed by atoms with Gasteiger partial charge >= 0.3 is 5.97 Å². The van der Waals surface area contributed by atoms with Gasteiger partial charge in [-0.1, -0.05) is 5.11 Å². The van der Waals surface area contributed by atoms with E-state index in [2.05, 4.69) is 15.1 Å². The van der Waals surface area contributed by atoms with Gasteiger partial charge in [0, 0.05) is 24.2 Å². The molecule has 3 N–H and O–H groups in total. The van der Waals surface area contributed by atoms with Crippen LogP contribution < -0.4 is 5.73 Å². The van der Waals surface area contributed by atoms with Crippen LogP contribution in [0.5, 0.6) is 0 Å². The molecule has 0 aliphatic rings. The number of amides is 2. The highest BCUT2D eigenvalue weighted by Crippen LogP contribution is 2.02. The van der Waals surface area contributed by atoms with E-state index in [1.165, 1.54) is 16.9 Å². The molecule has 0 saturated carbocycles. The summed E-state index contributed by atoms with van der Waals surface area (Å²) in [6.45, 7) is -0.309. The number of nitrogens with two attached hydrogens (primary N) is 1. The number of carbonyl (C=O) groups excluding carboxylic acids is 2. The van der Waals surface area contributed by atoms with Crippen molar-refractivity contribution < 1.29 is 19.5 Å². The summed E-state index contributed by atoms with van der Waals surface area (Å²) < 4.78 is 1.28. The van der Waals surface area contributed by atoms with Crippen molar-refractivity contribution in [2.24, 2.45) is 10.8 Å². The second-order valence-corrected chi connectivity index (χ2v) is 4.27. The summed E-state index contributed by atoms with van der Waals surface area (Å²) in [6, 6.07) is 1.36. The van der Waals surface area contributed by atoms with Crippen molar-refractivity contribution in [3.05, 3.63) is 28.4 Å². The molecule has 22 heavy (non-hydrogen) atoms. The fourth-order valence-corrected chi connectivity index (χ4v) is 1.78. The van der Waals surface area contributed by atoms with Crippen LogP contribution in [0.25, 0.3) is 10.4 Å². The molecule has 0 spiro atoms. The molecule has 0 aliphatic carbocycles. The monoisotopic (exact) mass is 309 g/mol. The highest BCUT2D eigenvalue weighted by molar-refractivity contribution is 5.85. The first-order valence-electron chi connectivity index (χ1n) is 6.27. The summed E-state index contributed by atoms with van der Waals surface area (Å²) >= 11 is 0. The fraction of sp³-hybridized carbons (Fsp3) is 0.455. The summed E-state index contributed by atoms with van der Waals surface area (Å²) in [5.41, 5.74) is 13.3. The zero-order valence-corrected chi connectivity index (χ0v) is 11.6. The van der Waals surface area contributed by atoms with Gasteiger partial charge < -0.3 is 15.7 Å². The lowest BCUT2D eigenvalue weighted by atomic mass is 10.3. The van der Waals surface area contributed by atoms with Crippen molar-refractivity contribution >= 4 is 17.8 Å². The van der Waals surface area contributed by atoms with Gasteiger partial charge in [-0.15, -0.1) is 0 Å². The number of carbonyl (C=O) groups is 3. The topological polar surface area (TPSA) is 167 Å². The molecule has 0 aromatic carbocycles. The second kappa shape index (κ2) is 8.27. The minimum atomic E-state index is -1.11. The number of hydrogen-bond donors (Lipinski definition) is 2. The van der Waals surface area contributed by atoms with E-state index in [1.54, 1.807) is 0 Å². The molecule has 1 rings (SSSR count). The number of azide groups is 1. The Kier molecular flexibility index (Phi) is 6.38. The Balaban J connectivity index is 2.61. The van der Waals surface area contributed by atoms with Crippen LogP contribution >= 0.6 is 0 Å².